The molecule has 7 aliphatic carbocycles. The first-order valence-corrected chi connectivity index (χ1v) is 35.9. The van der Waals surface area contributed by atoms with Gasteiger partial charge in [0.2, 0.25) is 5.15 Å². The minimum Gasteiger partial charge on any atom is -0.456 e. The fourth-order valence-electron chi connectivity index (χ4n) is 12.0. The largest absolute Gasteiger partial charge is 0.456 e. The van der Waals surface area contributed by atoms with Crippen molar-refractivity contribution in [3.63, 3.8) is 0 Å². The smallest absolute Gasteiger partial charge is 0.410 e. The fourth-order valence-corrected chi connectivity index (χ4v) is 12.9. The molecule has 1 saturated heterocycles. The Kier molecular flexibility index (Phi) is 43.4. The zero-order valence-corrected chi connectivity index (χ0v) is 65.8. The number of nitrogens with one attached hydrogen (secondary N) is 4. The fraction of sp³-hybridized carbons (Fsp3) is 0.536. The van der Waals surface area contributed by atoms with Crippen molar-refractivity contribution in [2.75, 3.05) is 31.1 Å². The second-order valence-corrected chi connectivity index (χ2v) is 27.2. The van der Waals surface area contributed by atoms with E-state index in [4.69, 9.17) is 75.6 Å². The van der Waals surface area contributed by atoms with Crippen molar-refractivity contribution in [2.24, 2.45) is 24.4 Å². The Bertz CT molecular complexity index is 4170. The van der Waals surface area contributed by atoms with Gasteiger partial charge in [0.1, 0.15) is 64.4 Å². The second kappa shape index (κ2) is 48.7. The van der Waals surface area contributed by atoms with E-state index in [9.17, 15) is 38.4 Å². The molecule has 3 unspecified atom stereocenters. The Balaban J connectivity index is 0.000000422. The first-order chi connectivity index (χ1) is 49.8. The number of fused-ring (bicyclic) bond motifs is 6. The van der Waals surface area contributed by atoms with Gasteiger partial charge in [0.25, 0.3) is 17.4 Å². The number of nitrogens with zero attached hydrogens (tertiary/aromatic N) is 11. The maximum atomic E-state index is 12.2. The van der Waals surface area contributed by atoms with Gasteiger partial charge in [-0.1, -0.05) is 37.6 Å². The van der Waals surface area contributed by atoms with Gasteiger partial charge in [-0.3, -0.25) is 38.5 Å². The van der Waals surface area contributed by atoms with Gasteiger partial charge in [-0.15, -0.1) is 0 Å². The first kappa shape index (κ1) is 95.4. The van der Waals surface area contributed by atoms with Crippen LogP contribution in [0.25, 0.3) is 0 Å². The molecule has 14 rings (SSSR count). The Morgan fingerprint density at radius 1 is 0.607 bits per heavy atom. The van der Waals surface area contributed by atoms with Gasteiger partial charge in [-0.25, -0.2) is 49.0 Å². The number of carbonyl (C=O) groups excluding carboxylic acids is 8. The van der Waals surface area contributed by atoms with Crippen LogP contribution >= 0.6 is 59.2 Å². The van der Waals surface area contributed by atoms with Crippen molar-refractivity contribution in [2.45, 2.75) is 203 Å². The number of aryl methyl sites for hydroxylation is 4. The standard InChI is InChI=1S/C18H26N4O4.C9H9ClN2O2.C8H10ClN2.C7H7ClN2.C7H8N2OS.C7H8N2O.C6H10O.C4H6O3.CH4N2S.CO2.CH4.Ar.HNS/c1-12(23)25-14-6-5-13-15(14)19-11-20-16(13)21-7-9-22(10-8-21)17(24)26-18(2,3)4;1-5(13)14-7-3-2-6-8(7)11-4-12-9(6)10;1-11-5-10-8(9)6-3-2-4-7(6)11;8-7-5-2-1-3-6(5)9-4-10-7;10-6-4-2-1-3-5(4)8-7(11)9-6;10-7-5-2-1-3-6(5)8-4-9-7;1-5-3-2-4-6(5)7;1-3(5)7-4(2)6;2-1(3)4;2-1-3;;;1-2/h11,14H,5-10H2,1-4H3;4,7H,2-3H2,1H3;5H,2-4H2,1H3;4H,1-3H2;1-3H2,(H2,8,9,10,11);4H,1-3H2,(H,8,9,10);5H,2-4H2,1H3;1-2H3;(H4,2,3,4);;1H4;;1H/q;;+1;;;;;;;;;;. The average Bonchev–Trinajstić information content (AvgIpc) is 1.69. The Morgan fingerprint density at radius 3 is 1.59 bits per heavy atom. The van der Waals surface area contributed by atoms with Gasteiger partial charge >= 0.3 is 36.1 Å². The maximum absolute atomic E-state index is 12.2. The SMILES string of the molecule is C.CC(=O)OC(C)=O.CC(=O)OC1CCc2c(Cl)ncnc21.CC(=O)OC1CCc2c1ncnc2N1CCN(C(=O)OC(C)(C)C)CC1.CC1CCCC1=O.C[n+]1cnc(Cl)c2c1CCC2.Clc1ncnc2c1CCC2.N=S.NC(N)=S.O=C=O.O=c1[nH]c(=S)[nH]c2c1CCC2.O=c1[nH]cnc2c1CCC2.[Ar]. The van der Waals surface area contributed by atoms with E-state index in [0.717, 1.165) is 171 Å². The van der Waals surface area contributed by atoms with E-state index < -0.39 is 17.5 Å². The van der Waals surface area contributed by atoms with E-state index in [1.54, 1.807) is 11.2 Å². The number of nitrogens with two attached hydrogens (primary N) is 2. The van der Waals surface area contributed by atoms with Crippen LogP contribution in [0.4, 0.5) is 10.6 Å². The summed E-state index contributed by atoms with van der Waals surface area (Å²) in [6, 6.07) is 0. The third-order valence-electron chi connectivity index (χ3n) is 16.4. The number of thiocarbonyl (C=S) groups is 1. The van der Waals surface area contributed by atoms with Gasteiger partial charge in [-0.2, -0.15) is 9.59 Å². The van der Waals surface area contributed by atoms with Gasteiger partial charge in [-0.05, 0) is 171 Å². The number of piperazine rings is 1. The molecule has 6 aromatic rings. The second-order valence-electron chi connectivity index (χ2n) is 25.2. The van der Waals surface area contributed by atoms with Crippen LogP contribution in [-0.2, 0) is 136 Å². The summed E-state index contributed by atoms with van der Waals surface area (Å²) in [5.74, 6) is 0.0000581. The number of Topliss-reactive ketones (excluding diaryl/α,β-unsaturated/α-hetero) is 1. The van der Waals surface area contributed by atoms with Crippen molar-refractivity contribution < 1.29 is 99.6 Å². The molecule has 1 amide bonds. The number of ether oxygens (including phenoxy) is 4. The predicted octanol–water partition coefficient (Wildman–Crippen LogP) is 8.62. The summed E-state index contributed by atoms with van der Waals surface area (Å²) in [4.78, 5) is 148. The van der Waals surface area contributed by atoms with Gasteiger partial charge < -0.3 is 50.2 Å². The number of hydrogen-bond acceptors (Lipinski definition) is 27. The van der Waals surface area contributed by atoms with Crippen molar-refractivity contribution in [1.29, 1.82) is 4.78 Å². The topological polar surface area (TPSA) is 444 Å². The van der Waals surface area contributed by atoms with E-state index in [-0.39, 0.29) is 97.8 Å². The number of amides is 1. The minimum absolute atomic E-state index is 0. The number of aromatic nitrogens is 12. The molecule has 7 heterocycles. The van der Waals surface area contributed by atoms with E-state index in [1.807, 2.05) is 34.7 Å². The molecule has 31 nitrogen and oxygen atoms in total. The van der Waals surface area contributed by atoms with Crippen LogP contribution in [0, 0.1) is 53.2 Å². The number of ketones is 1. The van der Waals surface area contributed by atoms with Crippen LogP contribution in [0.15, 0.2) is 41.2 Å². The molecule has 0 radical (unpaired) electrons. The average molecular weight is 1630 g/mol. The number of hydrogen-bond donors (Lipinski definition) is 6. The summed E-state index contributed by atoms with van der Waals surface area (Å²) in [5, 5.41) is 1.79. The Labute approximate surface area is 681 Å². The first-order valence-electron chi connectivity index (χ1n) is 33.6. The molecular weight excluding hydrogens is 1530 g/mol. The molecule has 1 aliphatic heterocycles. The number of carbonyl (C=O) groups is 6. The number of aromatic amines is 3. The quantitative estimate of drug-likeness (QED) is 0.0241. The zero-order chi connectivity index (χ0) is 78.1. The molecule has 0 spiro atoms. The van der Waals surface area contributed by atoms with Crippen molar-refractivity contribution in [1.82, 2.24) is 59.7 Å². The van der Waals surface area contributed by atoms with Crippen LogP contribution in [0.5, 0.6) is 0 Å². The number of anilines is 1. The maximum Gasteiger partial charge on any atom is 0.410 e. The summed E-state index contributed by atoms with van der Waals surface area (Å²) in [6.45, 7) is 15.3. The molecule has 0 aromatic carbocycles. The van der Waals surface area contributed by atoms with Crippen molar-refractivity contribution in [3.8, 4) is 0 Å². The zero-order valence-electron chi connectivity index (χ0n) is 60.4. The summed E-state index contributed by atoms with van der Waals surface area (Å²) in [5.41, 5.74) is 21.0. The molecule has 584 valence electrons. The molecule has 38 heteroatoms. The number of rotatable bonds is 3. The summed E-state index contributed by atoms with van der Waals surface area (Å²) >= 11 is 29.9. The van der Waals surface area contributed by atoms with Gasteiger partial charge in [0.05, 0.1) is 36.0 Å². The molecule has 3 atom stereocenters. The molecule has 107 heavy (non-hydrogen) atoms. The van der Waals surface area contributed by atoms with Crippen LogP contribution in [0.2, 0.25) is 15.5 Å². The molecule has 6 aromatic heterocycles. The summed E-state index contributed by atoms with van der Waals surface area (Å²) in [6.07, 6.45) is 25.9. The van der Waals surface area contributed by atoms with Gasteiger partial charge in [0, 0.05) is 162 Å². The molecule has 0 bridgehead atoms. The number of halogens is 3. The summed E-state index contributed by atoms with van der Waals surface area (Å²) in [7, 11) is 2.02. The van der Waals surface area contributed by atoms with Crippen molar-refractivity contribution in [3.05, 3.63) is 140 Å². The minimum atomic E-state index is -0.562. The van der Waals surface area contributed by atoms with Crippen LogP contribution < -0.4 is 32.1 Å². The monoisotopic (exact) mass is 1620 g/mol. The van der Waals surface area contributed by atoms with Crippen LogP contribution in [0.1, 0.15) is 200 Å². The Morgan fingerprint density at radius 2 is 1.09 bits per heavy atom. The summed E-state index contributed by atoms with van der Waals surface area (Å²) < 4.78 is 27.7. The van der Waals surface area contributed by atoms with Gasteiger partial charge in [0.15, 0.2) is 9.88 Å². The predicted molar refractivity (Wildman–Crippen MR) is 401 cm³/mol. The third-order valence-corrected chi connectivity index (χ3v) is 17.6. The molecule has 1 saturated carbocycles. The van der Waals surface area contributed by atoms with E-state index in [1.165, 1.54) is 77.1 Å². The molecule has 2 fully saturated rings. The number of esters is 4. The third kappa shape index (κ3) is 32.2. The molecule has 8 aliphatic rings. The molecular formula is C69H93ArCl3N17O14S3+. The Hall–Kier alpha value is -7.66. The molecule has 8 N–H and O–H groups in total. The number of H-pyrrole nitrogens is 3. The van der Waals surface area contributed by atoms with E-state index >= 15 is 0 Å². The normalized spacial score (nSPS) is 16.2. The van der Waals surface area contributed by atoms with Crippen molar-refractivity contribution >= 4 is 124 Å². The van der Waals surface area contributed by atoms with Crippen LogP contribution in [0.3, 0.4) is 0 Å². The van der Waals surface area contributed by atoms with Crippen LogP contribution in [-0.4, -0.2) is 139 Å². The van der Waals surface area contributed by atoms with E-state index in [2.05, 4.69) is 105 Å². The van der Waals surface area contributed by atoms with E-state index in [0.29, 0.717) is 58.1 Å².